The lowest BCUT2D eigenvalue weighted by molar-refractivity contribution is -0.147. The van der Waals surface area contributed by atoms with Gasteiger partial charge in [-0.1, -0.05) is 0 Å². The maximum atomic E-state index is 11.7. The first kappa shape index (κ1) is 10.3. The van der Waals surface area contributed by atoms with Gasteiger partial charge in [0.25, 0.3) is 0 Å². The number of esters is 1. The van der Waals surface area contributed by atoms with Gasteiger partial charge in [0.2, 0.25) is 0 Å². The third-order valence-corrected chi connectivity index (χ3v) is 1.13. The molecule has 5 heteroatoms. The fourth-order valence-corrected chi connectivity index (χ4v) is 0.492. The van der Waals surface area contributed by atoms with Gasteiger partial charge in [0, 0.05) is 0 Å². The molecule has 2 atom stereocenters. The molecule has 0 fully saturated rings. The summed E-state index contributed by atoms with van der Waals surface area (Å²) in [6.45, 7) is 0.734. The van der Waals surface area contributed by atoms with E-state index < -0.39 is 24.8 Å². The van der Waals surface area contributed by atoms with Crippen molar-refractivity contribution in [3.8, 4) is 0 Å². The number of hydrogen-bond donors (Lipinski definition) is 2. The molecule has 4 nitrogen and oxygen atoms in total. The lowest BCUT2D eigenvalue weighted by atomic mass is 10.2. The van der Waals surface area contributed by atoms with Gasteiger partial charge in [-0.15, -0.1) is 0 Å². The molecule has 0 aromatic rings. The minimum atomic E-state index is -1.46. The molecule has 0 amide bonds. The zero-order valence-electron chi connectivity index (χ0n) is 6.29. The van der Waals surface area contributed by atoms with Crippen LogP contribution in [0.25, 0.3) is 0 Å². The maximum Gasteiger partial charge on any atom is 0.325 e. The van der Waals surface area contributed by atoms with Crippen LogP contribution in [-0.2, 0) is 9.53 Å². The molecule has 0 spiro atoms. The molecule has 0 rings (SSSR count). The SMILES string of the molecule is CCOC(=O)[C@H](N)[C@@H](O)CF. The molecular formula is C6H12FNO3. The molecule has 3 N–H and O–H groups in total. The van der Waals surface area contributed by atoms with Crippen molar-refractivity contribution < 1.29 is 19.0 Å². The van der Waals surface area contributed by atoms with E-state index in [1.54, 1.807) is 6.92 Å². The number of aliphatic hydroxyl groups is 1. The van der Waals surface area contributed by atoms with Crippen LogP contribution in [0.2, 0.25) is 0 Å². The number of hydrogen-bond acceptors (Lipinski definition) is 4. The van der Waals surface area contributed by atoms with Crippen LogP contribution in [0.15, 0.2) is 0 Å². The first-order chi connectivity index (χ1) is 5.13. The summed E-state index contributed by atoms with van der Waals surface area (Å²) in [6, 6.07) is -1.28. The predicted octanol–water partition coefficient (Wildman–Crippen LogP) is -0.793. The van der Waals surface area contributed by atoms with E-state index in [0.717, 1.165) is 0 Å². The Morgan fingerprint density at radius 1 is 1.82 bits per heavy atom. The molecule has 0 aliphatic rings. The van der Waals surface area contributed by atoms with Crippen molar-refractivity contribution in [2.45, 2.75) is 19.1 Å². The molecule has 0 saturated carbocycles. The average molecular weight is 165 g/mol. The fraction of sp³-hybridized carbons (Fsp3) is 0.833. The van der Waals surface area contributed by atoms with Crippen LogP contribution in [0.5, 0.6) is 0 Å². The zero-order chi connectivity index (χ0) is 8.85. The summed E-state index contributed by atoms with van der Waals surface area (Å²) in [4.78, 5) is 10.7. The predicted molar refractivity (Wildman–Crippen MR) is 36.6 cm³/mol. The largest absolute Gasteiger partial charge is 0.465 e. The van der Waals surface area contributed by atoms with Gasteiger partial charge >= 0.3 is 5.97 Å². The molecule has 66 valence electrons. The average Bonchev–Trinajstić information content (AvgIpc) is 2.02. The van der Waals surface area contributed by atoms with Gasteiger partial charge in [-0.2, -0.15) is 0 Å². The van der Waals surface area contributed by atoms with Gasteiger partial charge in [0.15, 0.2) is 0 Å². The Bertz CT molecular complexity index is 131. The Balaban J connectivity index is 3.80. The van der Waals surface area contributed by atoms with Crippen molar-refractivity contribution in [3.05, 3.63) is 0 Å². The van der Waals surface area contributed by atoms with Crippen LogP contribution in [0.4, 0.5) is 4.39 Å². The number of alkyl halides is 1. The summed E-state index contributed by atoms with van der Waals surface area (Å²) in [5.74, 6) is -0.780. The highest BCUT2D eigenvalue weighted by atomic mass is 19.1. The lowest BCUT2D eigenvalue weighted by Gasteiger charge is -2.13. The zero-order valence-corrected chi connectivity index (χ0v) is 6.29. The van der Waals surface area contributed by atoms with Gasteiger partial charge in [-0.3, -0.25) is 4.79 Å². The highest BCUT2D eigenvalue weighted by Crippen LogP contribution is 1.94. The van der Waals surface area contributed by atoms with Crippen molar-refractivity contribution >= 4 is 5.97 Å². The topological polar surface area (TPSA) is 72.5 Å². The smallest absolute Gasteiger partial charge is 0.325 e. The highest BCUT2D eigenvalue weighted by molar-refractivity contribution is 5.76. The van der Waals surface area contributed by atoms with Crippen LogP contribution in [-0.4, -0.2) is 36.5 Å². The van der Waals surface area contributed by atoms with E-state index in [0.29, 0.717) is 0 Å². The molecule has 0 aromatic carbocycles. The van der Waals surface area contributed by atoms with Gasteiger partial charge in [0.05, 0.1) is 6.61 Å². The van der Waals surface area contributed by atoms with Gasteiger partial charge in [-0.25, -0.2) is 4.39 Å². The highest BCUT2D eigenvalue weighted by Gasteiger charge is 2.23. The molecule has 0 heterocycles. The summed E-state index contributed by atoms with van der Waals surface area (Å²) in [7, 11) is 0. The number of rotatable bonds is 4. The van der Waals surface area contributed by atoms with E-state index in [1.807, 2.05) is 0 Å². The molecule has 0 unspecified atom stereocenters. The quantitative estimate of drug-likeness (QED) is 0.535. The molecule has 11 heavy (non-hydrogen) atoms. The van der Waals surface area contributed by atoms with E-state index >= 15 is 0 Å². The monoisotopic (exact) mass is 165 g/mol. The van der Waals surface area contributed by atoms with Crippen LogP contribution in [0.3, 0.4) is 0 Å². The van der Waals surface area contributed by atoms with E-state index in [-0.39, 0.29) is 6.61 Å². The van der Waals surface area contributed by atoms with Crippen molar-refractivity contribution in [1.29, 1.82) is 0 Å². The minimum Gasteiger partial charge on any atom is -0.465 e. The van der Waals surface area contributed by atoms with Crippen LogP contribution >= 0.6 is 0 Å². The number of carbonyl (C=O) groups is 1. The lowest BCUT2D eigenvalue weighted by Crippen LogP contribution is -2.44. The summed E-state index contributed by atoms with van der Waals surface area (Å²) in [5, 5.41) is 8.72. The first-order valence-corrected chi connectivity index (χ1v) is 3.29. The molecule has 0 aliphatic carbocycles. The summed E-state index contributed by atoms with van der Waals surface area (Å²) in [6.07, 6.45) is -1.46. The van der Waals surface area contributed by atoms with E-state index in [9.17, 15) is 9.18 Å². The third-order valence-electron chi connectivity index (χ3n) is 1.13. The first-order valence-electron chi connectivity index (χ1n) is 3.29. The summed E-state index contributed by atoms with van der Waals surface area (Å²) in [5.41, 5.74) is 5.09. The molecular weight excluding hydrogens is 153 g/mol. The second-order valence-electron chi connectivity index (χ2n) is 2.00. The molecule has 0 radical (unpaired) electrons. The van der Waals surface area contributed by atoms with Crippen LogP contribution in [0.1, 0.15) is 6.92 Å². The van der Waals surface area contributed by atoms with Gasteiger partial charge in [0.1, 0.15) is 18.8 Å². The Labute approximate surface area is 64.1 Å². The minimum absolute atomic E-state index is 0.172. The van der Waals surface area contributed by atoms with Gasteiger partial charge < -0.3 is 15.6 Å². The second-order valence-corrected chi connectivity index (χ2v) is 2.00. The number of carbonyl (C=O) groups excluding carboxylic acids is 1. The summed E-state index contributed by atoms with van der Waals surface area (Å²) >= 11 is 0. The van der Waals surface area contributed by atoms with Crippen LogP contribution < -0.4 is 5.73 Å². The Morgan fingerprint density at radius 2 is 2.36 bits per heavy atom. The fourth-order valence-electron chi connectivity index (χ4n) is 0.492. The number of ether oxygens (including phenoxy) is 1. The van der Waals surface area contributed by atoms with Crippen LogP contribution in [0, 0.1) is 0 Å². The molecule has 0 aromatic heterocycles. The number of nitrogens with two attached hydrogens (primary N) is 1. The van der Waals surface area contributed by atoms with Crippen molar-refractivity contribution in [1.82, 2.24) is 0 Å². The Morgan fingerprint density at radius 3 is 2.73 bits per heavy atom. The third kappa shape index (κ3) is 3.29. The van der Waals surface area contributed by atoms with Crippen molar-refractivity contribution in [2.24, 2.45) is 5.73 Å². The normalized spacial score (nSPS) is 15.6. The van der Waals surface area contributed by atoms with Crippen molar-refractivity contribution in [2.75, 3.05) is 13.3 Å². The molecule has 0 bridgehead atoms. The van der Waals surface area contributed by atoms with E-state index in [1.165, 1.54) is 0 Å². The summed E-state index contributed by atoms with van der Waals surface area (Å²) < 4.78 is 16.1. The maximum absolute atomic E-state index is 11.7. The van der Waals surface area contributed by atoms with Crippen molar-refractivity contribution in [3.63, 3.8) is 0 Å². The molecule has 0 aliphatic heterocycles. The molecule has 0 saturated heterocycles. The number of halogens is 1. The van der Waals surface area contributed by atoms with Gasteiger partial charge in [-0.05, 0) is 6.92 Å². The standard InChI is InChI=1S/C6H12FNO3/c1-2-11-6(10)5(8)4(9)3-7/h4-5,9H,2-3,8H2,1H3/t4-,5+/m0/s1. The number of aliphatic hydroxyl groups excluding tert-OH is 1. The Kier molecular flexibility index (Phi) is 4.72. The van der Waals surface area contributed by atoms with E-state index in [4.69, 9.17) is 10.8 Å². The van der Waals surface area contributed by atoms with E-state index in [2.05, 4.69) is 4.74 Å². The Hall–Kier alpha value is -0.680. The second kappa shape index (κ2) is 5.03.